The summed E-state index contributed by atoms with van der Waals surface area (Å²) in [7, 11) is 0. The number of imidazole rings is 1. The van der Waals surface area contributed by atoms with Gasteiger partial charge in [-0.05, 0) is 36.8 Å². The predicted molar refractivity (Wildman–Crippen MR) is 80.4 cm³/mol. The van der Waals surface area contributed by atoms with Crippen LogP contribution in [0.4, 0.5) is 5.82 Å². The predicted octanol–water partition coefficient (Wildman–Crippen LogP) is 3.16. The standard InChI is InChI=1S/C16H21N3O/c1-16(2)7-5-9-18(11-8-16)15-13(12-20)19-10-4-3-6-14(19)17-15/h3-4,6,10,12H,5,7-9,11H2,1-2H3. The van der Waals surface area contributed by atoms with Gasteiger partial charge in [0.2, 0.25) is 0 Å². The van der Waals surface area contributed by atoms with Gasteiger partial charge in [-0.25, -0.2) is 4.98 Å². The number of nitrogens with zero attached hydrogens (tertiary/aromatic N) is 3. The Balaban J connectivity index is 1.99. The maximum absolute atomic E-state index is 11.5. The first kappa shape index (κ1) is 13.2. The van der Waals surface area contributed by atoms with Crippen LogP contribution < -0.4 is 4.90 Å². The molecule has 2 aromatic heterocycles. The molecule has 0 bridgehead atoms. The fraction of sp³-hybridized carbons (Fsp3) is 0.500. The van der Waals surface area contributed by atoms with Gasteiger partial charge in [-0.15, -0.1) is 0 Å². The Morgan fingerprint density at radius 1 is 1.25 bits per heavy atom. The molecule has 0 aromatic carbocycles. The van der Waals surface area contributed by atoms with Crippen LogP contribution in [0.2, 0.25) is 0 Å². The number of aromatic nitrogens is 2. The fourth-order valence-electron chi connectivity index (χ4n) is 2.98. The molecule has 0 aliphatic carbocycles. The zero-order chi connectivity index (χ0) is 14.2. The van der Waals surface area contributed by atoms with Gasteiger partial charge in [0, 0.05) is 19.3 Å². The van der Waals surface area contributed by atoms with Crippen molar-refractivity contribution < 1.29 is 4.79 Å². The van der Waals surface area contributed by atoms with E-state index >= 15 is 0 Å². The van der Waals surface area contributed by atoms with Gasteiger partial charge >= 0.3 is 0 Å². The van der Waals surface area contributed by atoms with Crippen LogP contribution in [-0.2, 0) is 0 Å². The summed E-state index contributed by atoms with van der Waals surface area (Å²) in [6.45, 7) is 6.59. The van der Waals surface area contributed by atoms with E-state index in [-0.39, 0.29) is 0 Å². The van der Waals surface area contributed by atoms with Gasteiger partial charge < -0.3 is 4.90 Å². The van der Waals surface area contributed by atoms with Crippen LogP contribution in [-0.4, -0.2) is 28.8 Å². The Morgan fingerprint density at radius 2 is 2.10 bits per heavy atom. The molecule has 3 heterocycles. The highest BCUT2D eigenvalue weighted by atomic mass is 16.1. The zero-order valence-corrected chi connectivity index (χ0v) is 12.2. The largest absolute Gasteiger partial charge is 0.355 e. The van der Waals surface area contributed by atoms with E-state index in [4.69, 9.17) is 0 Å². The van der Waals surface area contributed by atoms with E-state index in [0.717, 1.165) is 43.7 Å². The number of fused-ring (bicyclic) bond motifs is 1. The van der Waals surface area contributed by atoms with Crippen molar-refractivity contribution in [2.45, 2.75) is 33.1 Å². The Morgan fingerprint density at radius 3 is 2.90 bits per heavy atom. The lowest BCUT2D eigenvalue weighted by Gasteiger charge is -2.23. The van der Waals surface area contributed by atoms with Gasteiger partial charge in [-0.3, -0.25) is 9.20 Å². The number of hydrogen-bond donors (Lipinski definition) is 0. The van der Waals surface area contributed by atoms with Gasteiger partial charge in [0.1, 0.15) is 11.3 Å². The summed E-state index contributed by atoms with van der Waals surface area (Å²) in [5.41, 5.74) is 1.89. The van der Waals surface area contributed by atoms with Crippen molar-refractivity contribution in [2.24, 2.45) is 5.41 Å². The second kappa shape index (κ2) is 4.93. The normalized spacial score (nSPS) is 19.0. The molecule has 1 saturated heterocycles. The van der Waals surface area contributed by atoms with Crippen molar-refractivity contribution >= 4 is 17.8 Å². The summed E-state index contributed by atoms with van der Waals surface area (Å²) in [6.07, 6.45) is 6.34. The molecular weight excluding hydrogens is 250 g/mol. The highest BCUT2D eigenvalue weighted by Gasteiger charge is 2.26. The van der Waals surface area contributed by atoms with Crippen LogP contribution in [0.15, 0.2) is 24.4 Å². The molecule has 4 heteroatoms. The van der Waals surface area contributed by atoms with E-state index in [0.29, 0.717) is 11.1 Å². The lowest BCUT2D eigenvalue weighted by atomic mass is 9.85. The van der Waals surface area contributed by atoms with Gasteiger partial charge in [0.05, 0.1) is 0 Å². The zero-order valence-electron chi connectivity index (χ0n) is 12.2. The summed E-state index contributed by atoms with van der Waals surface area (Å²) in [5, 5.41) is 0. The Labute approximate surface area is 119 Å². The topological polar surface area (TPSA) is 37.6 Å². The Bertz CT molecular complexity index is 630. The second-order valence-electron chi connectivity index (χ2n) is 6.37. The number of hydrogen-bond acceptors (Lipinski definition) is 3. The molecule has 0 spiro atoms. The van der Waals surface area contributed by atoms with Crippen LogP contribution in [0.5, 0.6) is 0 Å². The van der Waals surface area contributed by atoms with Crippen molar-refractivity contribution in [1.29, 1.82) is 0 Å². The summed E-state index contributed by atoms with van der Waals surface area (Å²) in [5.74, 6) is 0.837. The SMILES string of the molecule is CC1(C)CCCN(c2nc3ccccn3c2C=O)CC1. The summed E-state index contributed by atoms with van der Waals surface area (Å²) >= 11 is 0. The van der Waals surface area contributed by atoms with E-state index in [1.807, 2.05) is 28.8 Å². The molecule has 3 rings (SSSR count). The fourth-order valence-corrected chi connectivity index (χ4v) is 2.98. The number of carbonyl (C=O) groups is 1. The first-order valence-electron chi connectivity index (χ1n) is 7.28. The van der Waals surface area contributed by atoms with Crippen molar-refractivity contribution in [2.75, 3.05) is 18.0 Å². The molecule has 1 fully saturated rings. The third-order valence-electron chi connectivity index (χ3n) is 4.30. The van der Waals surface area contributed by atoms with Gasteiger partial charge in [-0.1, -0.05) is 19.9 Å². The Kier molecular flexibility index (Phi) is 3.24. The Hall–Kier alpha value is -1.84. The highest BCUT2D eigenvalue weighted by Crippen LogP contribution is 2.32. The lowest BCUT2D eigenvalue weighted by molar-refractivity contribution is 0.111. The van der Waals surface area contributed by atoms with E-state index in [1.165, 1.54) is 6.42 Å². The molecule has 1 aliphatic rings. The van der Waals surface area contributed by atoms with Crippen molar-refractivity contribution in [1.82, 2.24) is 9.38 Å². The molecular formula is C16H21N3O. The molecule has 0 atom stereocenters. The van der Waals surface area contributed by atoms with Crippen molar-refractivity contribution in [3.63, 3.8) is 0 Å². The minimum atomic E-state index is 0.384. The molecule has 20 heavy (non-hydrogen) atoms. The van der Waals surface area contributed by atoms with Crippen LogP contribution >= 0.6 is 0 Å². The van der Waals surface area contributed by atoms with Gasteiger partial charge in [0.15, 0.2) is 12.1 Å². The summed E-state index contributed by atoms with van der Waals surface area (Å²) < 4.78 is 1.87. The first-order chi connectivity index (χ1) is 9.61. The molecule has 2 aromatic rings. The molecule has 4 nitrogen and oxygen atoms in total. The minimum absolute atomic E-state index is 0.384. The first-order valence-corrected chi connectivity index (χ1v) is 7.28. The van der Waals surface area contributed by atoms with Crippen molar-refractivity contribution in [3.05, 3.63) is 30.1 Å². The number of pyridine rings is 1. The number of anilines is 1. The van der Waals surface area contributed by atoms with E-state index in [9.17, 15) is 4.79 Å². The maximum Gasteiger partial charge on any atom is 0.170 e. The number of rotatable bonds is 2. The summed E-state index contributed by atoms with van der Waals surface area (Å²) in [4.78, 5) is 18.4. The number of carbonyl (C=O) groups excluding carboxylic acids is 1. The summed E-state index contributed by atoms with van der Waals surface area (Å²) in [6, 6.07) is 5.82. The monoisotopic (exact) mass is 271 g/mol. The molecule has 0 unspecified atom stereocenters. The van der Waals surface area contributed by atoms with Crippen LogP contribution in [0.25, 0.3) is 5.65 Å². The quantitative estimate of drug-likeness (QED) is 0.787. The van der Waals surface area contributed by atoms with Crippen LogP contribution in [0.3, 0.4) is 0 Å². The average Bonchev–Trinajstić information content (AvgIpc) is 2.70. The molecule has 0 N–H and O–H groups in total. The smallest absolute Gasteiger partial charge is 0.170 e. The van der Waals surface area contributed by atoms with Crippen molar-refractivity contribution in [3.8, 4) is 0 Å². The molecule has 0 radical (unpaired) electrons. The van der Waals surface area contributed by atoms with Gasteiger partial charge in [-0.2, -0.15) is 0 Å². The minimum Gasteiger partial charge on any atom is -0.355 e. The molecule has 0 amide bonds. The third-order valence-corrected chi connectivity index (χ3v) is 4.30. The van der Waals surface area contributed by atoms with Crippen LogP contribution in [0.1, 0.15) is 43.6 Å². The average molecular weight is 271 g/mol. The highest BCUT2D eigenvalue weighted by molar-refractivity contribution is 5.83. The van der Waals surface area contributed by atoms with E-state index in [2.05, 4.69) is 23.7 Å². The van der Waals surface area contributed by atoms with E-state index < -0.39 is 0 Å². The third kappa shape index (κ3) is 2.30. The second-order valence-corrected chi connectivity index (χ2v) is 6.37. The molecule has 1 aliphatic heterocycles. The molecule has 0 saturated carbocycles. The van der Waals surface area contributed by atoms with Crippen LogP contribution in [0, 0.1) is 5.41 Å². The number of aldehydes is 1. The van der Waals surface area contributed by atoms with Gasteiger partial charge in [0.25, 0.3) is 0 Å². The molecule has 106 valence electrons. The van der Waals surface area contributed by atoms with E-state index in [1.54, 1.807) is 0 Å². The lowest BCUT2D eigenvalue weighted by Crippen LogP contribution is -2.26. The maximum atomic E-state index is 11.5.